The Morgan fingerprint density at radius 2 is 2.06 bits per heavy atom. The third kappa shape index (κ3) is 3.44. The van der Waals surface area contributed by atoms with Crippen LogP contribution in [0.25, 0.3) is 0 Å². The molecule has 2 fully saturated rings. The van der Waals surface area contributed by atoms with Crippen LogP contribution < -0.4 is 0 Å². The first-order valence-corrected chi connectivity index (χ1v) is 7.59. The Morgan fingerprint density at radius 1 is 1.28 bits per heavy atom. The molecule has 0 radical (unpaired) electrons. The van der Waals surface area contributed by atoms with Crippen LogP contribution in [0.5, 0.6) is 0 Å². The number of rotatable bonds is 4. The van der Waals surface area contributed by atoms with Gasteiger partial charge in [-0.1, -0.05) is 18.4 Å². The number of hydrogen-bond acceptors (Lipinski definition) is 2. The number of carbonyl (C=O) groups excluding carboxylic acids is 1. The number of ketones is 1. The van der Waals surface area contributed by atoms with E-state index in [1.165, 1.54) is 37.8 Å². The van der Waals surface area contributed by atoms with Crippen molar-refractivity contribution in [1.29, 1.82) is 0 Å². The summed E-state index contributed by atoms with van der Waals surface area (Å²) in [6.07, 6.45) is 9.24. The third-order valence-corrected chi connectivity index (χ3v) is 4.56. The molecule has 0 amide bonds. The summed E-state index contributed by atoms with van der Waals surface area (Å²) >= 11 is 0. The Bertz CT molecular complexity index is 310. The van der Waals surface area contributed by atoms with Gasteiger partial charge >= 0.3 is 0 Å². The minimum Gasteiger partial charge on any atom is -0.299 e. The molecule has 1 aliphatic heterocycles. The largest absolute Gasteiger partial charge is 0.299 e. The molecule has 2 heteroatoms. The number of Topliss-reactive ketones (excluding diaryl/α,β-unsaturated/α-hetero) is 1. The highest BCUT2D eigenvalue weighted by molar-refractivity contribution is 5.82. The van der Waals surface area contributed by atoms with Crippen molar-refractivity contribution in [2.45, 2.75) is 64.3 Å². The lowest BCUT2D eigenvalue weighted by molar-refractivity contribution is -0.127. The van der Waals surface area contributed by atoms with Gasteiger partial charge in [0.05, 0.1) is 0 Å². The third-order valence-electron chi connectivity index (χ3n) is 4.56. The fraction of sp³-hybridized carbons (Fsp3) is 0.812. The monoisotopic (exact) mass is 249 g/mol. The summed E-state index contributed by atoms with van der Waals surface area (Å²) in [5.41, 5.74) is 1.26. The van der Waals surface area contributed by atoms with Gasteiger partial charge in [-0.3, -0.25) is 9.69 Å². The van der Waals surface area contributed by atoms with Crippen molar-refractivity contribution in [2.24, 2.45) is 5.92 Å². The molecule has 2 aliphatic rings. The zero-order chi connectivity index (χ0) is 13.0. The smallest absolute Gasteiger partial charge is 0.137 e. The Labute approximate surface area is 111 Å². The van der Waals surface area contributed by atoms with E-state index >= 15 is 0 Å². The lowest BCUT2D eigenvalue weighted by Gasteiger charge is -2.41. The highest BCUT2D eigenvalue weighted by atomic mass is 16.1. The van der Waals surface area contributed by atoms with Crippen LogP contribution in [0.3, 0.4) is 0 Å². The molecule has 2 rings (SSSR count). The van der Waals surface area contributed by atoms with Gasteiger partial charge in [0.1, 0.15) is 5.78 Å². The van der Waals surface area contributed by atoms with Crippen molar-refractivity contribution >= 4 is 5.78 Å². The molecule has 102 valence electrons. The number of carbonyl (C=O) groups is 1. The van der Waals surface area contributed by atoms with Crippen molar-refractivity contribution in [3.8, 4) is 0 Å². The zero-order valence-corrected chi connectivity index (χ0v) is 11.8. The molecular weight excluding hydrogens is 222 g/mol. The Hall–Kier alpha value is -0.630. The van der Waals surface area contributed by atoms with Crippen molar-refractivity contribution in [3.63, 3.8) is 0 Å². The minimum atomic E-state index is 0.337. The summed E-state index contributed by atoms with van der Waals surface area (Å²) < 4.78 is 0. The SMILES string of the molecule is C=C(C)CCN1CCCCC1C1CCCCC1=O. The van der Waals surface area contributed by atoms with Gasteiger partial charge in [0.25, 0.3) is 0 Å². The van der Waals surface area contributed by atoms with E-state index in [2.05, 4.69) is 18.4 Å². The molecule has 1 saturated carbocycles. The van der Waals surface area contributed by atoms with E-state index in [0.29, 0.717) is 17.7 Å². The van der Waals surface area contributed by atoms with Gasteiger partial charge in [0.15, 0.2) is 0 Å². The van der Waals surface area contributed by atoms with Crippen LogP contribution in [0.15, 0.2) is 12.2 Å². The Balaban J connectivity index is 1.97. The van der Waals surface area contributed by atoms with E-state index < -0.39 is 0 Å². The topological polar surface area (TPSA) is 20.3 Å². The first-order valence-electron chi connectivity index (χ1n) is 7.59. The van der Waals surface area contributed by atoms with Crippen LogP contribution in [-0.4, -0.2) is 29.8 Å². The Morgan fingerprint density at radius 3 is 2.78 bits per heavy atom. The van der Waals surface area contributed by atoms with Gasteiger partial charge in [-0.25, -0.2) is 0 Å². The molecule has 1 aliphatic carbocycles. The van der Waals surface area contributed by atoms with Gasteiger partial charge < -0.3 is 0 Å². The van der Waals surface area contributed by atoms with Gasteiger partial charge in [-0.15, -0.1) is 6.58 Å². The molecule has 0 N–H and O–H groups in total. The summed E-state index contributed by atoms with van der Waals surface area (Å²) in [4.78, 5) is 14.7. The van der Waals surface area contributed by atoms with E-state index in [1.807, 2.05) is 0 Å². The van der Waals surface area contributed by atoms with Crippen LogP contribution >= 0.6 is 0 Å². The van der Waals surface area contributed by atoms with E-state index in [-0.39, 0.29) is 0 Å². The van der Waals surface area contributed by atoms with Crippen molar-refractivity contribution in [2.75, 3.05) is 13.1 Å². The Kier molecular flexibility index (Phi) is 4.99. The molecule has 0 aromatic heterocycles. The minimum absolute atomic E-state index is 0.337. The highest BCUT2D eigenvalue weighted by Crippen LogP contribution is 2.31. The number of nitrogens with zero attached hydrogens (tertiary/aromatic N) is 1. The molecule has 1 saturated heterocycles. The average molecular weight is 249 g/mol. The zero-order valence-electron chi connectivity index (χ0n) is 11.8. The van der Waals surface area contributed by atoms with E-state index in [1.54, 1.807) is 0 Å². The van der Waals surface area contributed by atoms with Crippen LogP contribution in [-0.2, 0) is 4.79 Å². The molecule has 1 heterocycles. The quantitative estimate of drug-likeness (QED) is 0.710. The molecule has 0 bridgehead atoms. The maximum atomic E-state index is 12.1. The summed E-state index contributed by atoms with van der Waals surface area (Å²) in [6.45, 7) is 8.38. The van der Waals surface area contributed by atoms with Crippen LogP contribution in [0.2, 0.25) is 0 Å². The van der Waals surface area contributed by atoms with Crippen molar-refractivity contribution in [1.82, 2.24) is 4.90 Å². The molecular formula is C16H27NO. The van der Waals surface area contributed by atoms with Gasteiger partial charge in [0, 0.05) is 24.9 Å². The van der Waals surface area contributed by atoms with Crippen LogP contribution in [0.4, 0.5) is 0 Å². The lowest BCUT2D eigenvalue weighted by atomic mass is 9.79. The highest BCUT2D eigenvalue weighted by Gasteiger charge is 2.34. The van der Waals surface area contributed by atoms with E-state index in [0.717, 1.165) is 32.2 Å². The van der Waals surface area contributed by atoms with E-state index in [4.69, 9.17) is 0 Å². The van der Waals surface area contributed by atoms with Crippen LogP contribution in [0.1, 0.15) is 58.3 Å². The second-order valence-corrected chi connectivity index (χ2v) is 6.12. The summed E-state index contributed by atoms with van der Waals surface area (Å²) in [7, 11) is 0. The maximum absolute atomic E-state index is 12.1. The van der Waals surface area contributed by atoms with Crippen molar-refractivity contribution < 1.29 is 4.79 Å². The van der Waals surface area contributed by atoms with Gasteiger partial charge in [-0.05, 0) is 45.6 Å². The molecule has 0 aromatic carbocycles. The fourth-order valence-electron chi connectivity index (χ4n) is 3.50. The number of hydrogen-bond donors (Lipinski definition) is 0. The van der Waals surface area contributed by atoms with Gasteiger partial charge in [0.2, 0.25) is 0 Å². The lowest BCUT2D eigenvalue weighted by Crippen LogP contribution is -2.47. The molecule has 0 spiro atoms. The summed E-state index contributed by atoms with van der Waals surface area (Å²) in [6, 6.07) is 0.533. The molecule has 2 nitrogen and oxygen atoms in total. The molecule has 2 atom stereocenters. The molecule has 0 aromatic rings. The van der Waals surface area contributed by atoms with Crippen molar-refractivity contribution in [3.05, 3.63) is 12.2 Å². The summed E-state index contributed by atoms with van der Waals surface area (Å²) in [5, 5.41) is 0. The van der Waals surface area contributed by atoms with E-state index in [9.17, 15) is 4.79 Å². The second-order valence-electron chi connectivity index (χ2n) is 6.12. The first-order chi connectivity index (χ1) is 8.68. The molecule has 2 unspecified atom stereocenters. The molecule has 18 heavy (non-hydrogen) atoms. The maximum Gasteiger partial charge on any atom is 0.137 e. The average Bonchev–Trinajstić information content (AvgIpc) is 2.37. The number of piperidine rings is 1. The predicted molar refractivity (Wildman–Crippen MR) is 75.6 cm³/mol. The number of likely N-dealkylation sites (tertiary alicyclic amines) is 1. The normalized spacial score (nSPS) is 30.4. The second kappa shape index (κ2) is 6.51. The fourth-order valence-corrected chi connectivity index (χ4v) is 3.50. The first kappa shape index (κ1) is 13.8. The summed E-state index contributed by atoms with van der Waals surface area (Å²) in [5.74, 6) is 0.873. The van der Waals surface area contributed by atoms with Gasteiger partial charge in [-0.2, -0.15) is 0 Å². The predicted octanol–water partition coefficient (Wildman–Crippen LogP) is 3.57. The standard InChI is InChI=1S/C16H27NO/c1-13(2)10-12-17-11-6-5-8-15(17)14-7-3-4-9-16(14)18/h14-15H,1,3-12H2,2H3. The van der Waals surface area contributed by atoms with Crippen LogP contribution in [0, 0.1) is 5.92 Å².